The van der Waals surface area contributed by atoms with Crippen LogP contribution in [0.3, 0.4) is 0 Å². The van der Waals surface area contributed by atoms with Gasteiger partial charge in [-0.3, -0.25) is 0 Å². The number of hydrogen-bond acceptors (Lipinski definition) is 2. The van der Waals surface area contributed by atoms with Crippen molar-refractivity contribution in [3.05, 3.63) is 29.3 Å². The van der Waals surface area contributed by atoms with E-state index in [9.17, 15) is 0 Å². The zero-order valence-electron chi connectivity index (χ0n) is 9.33. The van der Waals surface area contributed by atoms with Crippen LogP contribution in [0.1, 0.15) is 36.8 Å². The van der Waals surface area contributed by atoms with Gasteiger partial charge in [-0.1, -0.05) is 31.0 Å². The topological polar surface area (TPSA) is 26.0 Å². The van der Waals surface area contributed by atoms with E-state index in [0.29, 0.717) is 6.54 Å². The predicted molar refractivity (Wildman–Crippen MR) is 67.2 cm³/mol. The monoisotopic (exact) mass is 221 g/mol. The highest BCUT2D eigenvalue weighted by atomic mass is 32.2. The van der Waals surface area contributed by atoms with Crippen LogP contribution in [0.5, 0.6) is 0 Å². The van der Waals surface area contributed by atoms with E-state index in [1.807, 2.05) is 11.8 Å². The molecule has 2 heteroatoms. The maximum atomic E-state index is 5.78. The molecule has 0 aromatic heterocycles. The molecule has 1 aromatic rings. The second-order valence-corrected chi connectivity index (χ2v) is 5.60. The Labute approximate surface area is 96.4 Å². The minimum absolute atomic E-state index is 0.663. The number of thioether (sulfide) groups is 1. The summed E-state index contributed by atoms with van der Waals surface area (Å²) in [6, 6.07) is 6.46. The lowest BCUT2D eigenvalue weighted by Gasteiger charge is -2.14. The maximum Gasteiger partial charge on any atom is 0.0189 e. The van der Waals surface area contributed by atoms with Crippen molar-refractivity contribution in [3.63, 3.8) is 0 Å². The van der Waals surface area contributed by atoms with Gasteiger partial charge in [0.15, 0.2) is 0 Å². The van der Waals surface area contributed by atoms with Gasteiger partial charge in [-0.2, -0.15) is 0 Å². The molecular weight excluding hydrogens is 202 g/mol. The summed E-state index contributed by atoms with van der Waals surface area (Å²) < 4.78 is 0. The smallest absolute Gasteiger partial charge is 0.0189 e. The zero-order valence-corrected chi connectivity index (χ0v) is 10.1. The Balaban J connectivity index is 2.17. The Morgan fingerprint density at radius 3 is 2.73 bits per heavy atom. The molecule has 82 valence electrons. The van der Waals surface area contributed by atoms with Crippen LogP contribution in [0.2, 0.25) is 0 Å². The van der Waals surface area contributed by atoms with E-state index in [-0.39, 0.29) is 0 Å². The van der Waals surface area contributed by atoms with E-state index in [1.54, 1.807) is 0 Å². The Kier molecular flexibility index (Phi) is 3.71. The van der Waals surface area contributed by atoms with Crippen LogP contribution in [0.15, 0.2) is 23.1 Å². The molecule has 2 N–H and O–H groups in total. The molecule has 0 atom stereocenters. The minimum Gasteiger partial charge on any atom is -0.326 e. The molecule has 0 amide bonds. The fourth-order valence-corrected chi connectivity index (χ4v) is 3.67. The maximum absolute atomic E-state index is 5.78. The molecule has 0 heterocycles. The molecular formula is C13H19NS. The lowest BCUT2D eigenvalue weighted by atomic mass is 10.1. The number of hydrogen-bond donors (Lipinski definition) is 1. The van der Waals surface area contributed by atoms with Crippen LogP contribution < -0.4 is 5.73 Å². The van der Waals surface area contributed by atoms with Gasteiger partial charge in [0.2, 0.25) is 0 Å². The van der Waals surface area contributed by atoms with Crippen molar-refractivity contribution in [3.8, 4) is 0 Å². The summed E-state index contributed by atoms with van der Waals surface area (Å²) in [7, 11) is 0. The average Bonchev–Trinajstić information content (AvgIpc) is 2.74. The van der Waals surface area contributed by atoms with Crippen LogP contribution in [-0.4, -0.2) is 5.25 Å². The molecule has 0 bridgehead atoms. The number of benzene rings is 1. The van der Waals surface area contributed by atoms with E-state index in [1.165, 1.54) is 41.7 Å². The molecule has 2 rings (SSSR count). The Morgan fingerprint density at radius 2 is 2.07 bits per heavy atom. The number of rotatable bonds is 3. The van der Waals surface area contributed by atoms with Gasteiger partial charge in [-0.25, -0.2) is 0 Å². The van der Waals surface area contributed by atoms with Gasteiger partial charge >= 0.3 is 0 Å². The lowest BCUT2D eigenvalue weighted by molar-refractivity contribution is 0.886. The molecule has 0 radical (unpaired) electrons. The van der Waals surface area contributed by atoms with E-state index in [2.05, 4.69) is 25.1 Å². The molecule has 1 aliphatic carbocycles. The Morgan fingerprint density at radius 1 is 1.33 bits per heavy atom. The van der Waals surface area contributed by atoms with Crippen molar-refractivity contribution >= 4 is 11.8 Å². The van der Waals surface area contributed by atoms with Crippen molar-refractivity contribution < 1.29 is 0 Å². The quantitative estimate of drug-likeness (QED) is 0.845. The number of aryl methyl sites for hydroxylation is 1. The Hall–Kier alpha value is -0.470. The fourth-order valence-electron chi connectivity index (χ4n) is 2.22. The first kappa shape index (κ1) is 11.0. The van der Waals surface area contributed by atoms with Gasteiger partial charge in [0.1, 0.15) is 0 Å². The molecule has 0 spiro atoms. The van der Waals surface area contributed by atoms with Crippen LogP contribution in [0.25, 0.3) is 0 Å². The first-order valence-corrected chi connectivity index (χ1v) is 6.64. The number of nitrogens with two attached hydrogens (primary N) is 1. The zero-order chi connectivity index (χ0) is 10.7. The van der Waals surface area contributed by atoms with Crippen molar-refractivity contribution in [1.29, 1.82) is 0 Å². The van der Waals surface area contributed by atoms with Crippen molar-refractivity contribution in [2.75, 3.05) is 0 Å². The van der Waals surface area contributed by atoms with Gasteiger partial charge in [0.25, 0.3) is 0 Å². The van der Waals surface area contributed by atoms with Crippen LogP contribution in [-0.2, 0) is 6.54 Å². The average molecular weight is 221 g/mol. The second kappa shape index (κ2) is 5.04. The first-order chi connectivity index (χ1) is 7.31. The minimum atomic E-state index is 0.663. The van der Waals surface area contributed by atoms with Gasteiger partial charge in [0.05, 0.1) is 0 Å². The third-order valence-corrected chi connectivity index (χ3v) is 4.72. The summed E-state index contributed by atoms with van der Waals surface area (Å²) in [6.07, 6.45) is 5.56. The Bertz CT molecular complexity index is 329. The first-order valence-electron chi connectivity index (χ1n) is 5.76. The third-order valence-electron chi connectivity index (χ3n) is 3.10. The van der Waals surface area contributed by atoms with Crippen molar-refractivity contribution in [2.24, 2.45) is 5.73 Å². The summed E-state index contributed by atoms with van der Waals surface area (Å²) in [5.41, 5.74) is 8.48. The van der Waals surface area contributed by atoms with E-state index in [4.69, 9.17) is 5.73 Å². The molecule has 1 fully saturated rings. The molecule has 0 aliphatic heterocycles. The van der Waals surface area contributed by atoms with Crippen molar-refractivity contribution in [2.45, 2.75) is 49.3 Å². The predicted octanol–water partition coefficient (Wildman–Crippen LogP) is 3.49. The highest BCUT2D eigenvalue weighted by Crippen LogP contribution is 2.37. The van der Waals surface area contributed by atoms with Crippen molar-refractivity contribution in [1.82, 2.24) is 0 Å². The summed E-state index contributed by atoms with van der Waals surface area (Å²) in [6.45, 7) is 2.85. The summed E-state index contributed by atoms with van der Waals surface area (Å²) in [4.78, 5) is 1.44. The lowest BCUT2D eigenvalue weighted by Crippen LogP contribution is -2.02. The van der Waals surface area contributed by atoms with E-state index < -0.39 is 0 Å². The highest BCUT2D eigenvalue weighted by molar-refractivity contribution is 8.00. The summed E-state index contributed by atoms with van der Waals surface area (Å²) in [5, 5.41) is 0.830. The van der Waals surface area contributed by atoms with Crippen LogP contribution >= 0.6 is 11.8 Å². The van der Waals surface area contributed by atoms with Gasteiger partial charge in [0, 0.05) is 16.7 Å². The van der Waals surface area contributed by atoms with E-state index in [0.717, 1.165) is 5.25 Å². The van der Waals surface area contributed by atoms with Crippen LogP contribution in [0, 0.1) is 6.92 Å². The molecule has 1 aromatic carbocycles. The van der Waals surface area contributed by atoms with E-state index >= 15 is 0 Å². The standard InChI is InChI=1S/C13H19NS/c1-10-5-4-6-11(9-14)13(10)15-12-7-2-3-8-12/h4-6,12H,2-3,7-9,14H2,1H3. The highest BCUT2D eigenvalue weighted by Gasteiger charge is 2.18. The molecule has 1 nitrogen and oxygen atoms in total. The fraction of sp³-hybridized carbons (Fsp3) is 0.538. The van der Waals surface area contributed by atoms with Gasteiger partial charge < -0.3 is 5.73 Å². The molecule has 1 aliphatic rings. The molecule has 15 heavy (non-hydrogen) atoms. The summed E-state index contributed by atoms with van der Waals surface area (Å²) in [5.74, 6) is 0. The van der Waals surface area contributed by atoms with Crippen LogP contribution in [0.4, 0.5) is 0 Å². The SMILES string of the molecule is Cc1cccc(CN)c1SC1CCCC1. The normalized spacial score (nSPS) is 17.2. The summed E-state index contributed by atoms with van der Waals surface area (Å²) >= 11 is 2.05. The molecule has 0 saturated heterocycles. The second-order valence-electron chi connectivity index (χ2n) is 4.29. The molecule has 1 saturated carbocycles. The molecule has 0 unspecified atom stereocenters. The largest absolute Gasteiger partial charge is 0.326 e. The van der Waals surface area contributed by atoms with Gasteiger partial charge in [-0.05, 0) is 30.9 Å². The van der Waals surface area contributed by atoms with Gasteiger partial charge in [-0.15, -0.1) is 11.8 Å². The third kappa shape index (κ3) is 2.56.